The number of hydrogen-bond donors (Lipinski definition) is 1. The lowest BCUT2D eigenvalue weighted by molar-refractivity contribution is -0.385. The van der Waals surface area contributed by atoms with Crippen molar-refractivity contribution in [3.8, 4) is 0 Å². The predicted molar refractivity (Wildman–Crippen MR) is 70.9 cm³/mol. The summed E-state index contributed by atoms with van der Waals surface area (Å²) in [6.45, 7) is 5.22. The van der Waals surface area contributed by atoms with E-state index in [1.165, 1.54) is 13.2 Å². The summed E-state index contributed by atoms with van der Waals surface area (Å²) in [6.07, 6.45) is 0. The van der Waals surface area contributed by atoms with Gasteiger partial charge in [-0.1, -0.05) is 12.1 Å². The summed E-state index contributed by atoms with van der Waals surface area (Å²) in [5, 5.41) is 13.9. The van der Waals surface area contributed by atoms with E-state index in [-0.39, 0.29) is 17.7 Å². The molecule has 1 aromatic rings. The fraction of sp³-hybridized carbons (Fsp3) is 0.462. The average molecular weight is 266 g/mol. The van der Waals surface area contributed by atoms with Gasteiger partial charge in [-0.25, -0.2) is 0 Å². The van der Waals surface area contributed by atoms with Crippen LogP contribution in [0.4, 0.5) is 5.69 Å². The number of nitro benzene ring substituents is 1. The quantitative estimate of drug-likeness (QED) is 0.501. The first-order valence-electron chi connectivity index (χ1n) is 5.95. The summed E-state index contributed by atoms with van der Waals surface area (Å²) in [6, 6.07) is 4.38. The first-order chi connectivity index (χ1) is 8.86. The Morgan fingerprint density at radius 3 is 2.58 bits per heavy atom. The zero-order valence-corrected chi connectivity index (χ0v) is 11.5. The van der Waals surface area contributed by atoms with E-state index in [0.717, 1.165) is 5.56 Å². The number of ether oxygens (including phenoxy) is 1. The summed E-state index contributed by atoms with van der Waals surface area (Å²) in [4.78, 5) is 21.8. The van der Waals surface area contributed by atoms with Gasteiger partial charge in [0, 0.05) is 17.7 Å². The van der Waals surface area contributed by atoms with Gasteiger partial charge >= 0.3 is 5.97 Å². The van der Waals surface area contributed by atoms with E-state index in [1.54, 1.807) is 19.9 Å². The maximum absolute atomic E-state index is 11.3. The number of carbonyl (C=O) groups excluding carboxylic acids is 1. The van der Waals surface area contributed by atoms with Crippen LogP contribution in [0.25, 0.3) is 0 Å². The first kappa shape index (κ1) is 15.1. The Labute approximate surface area is 111 Å². The van der Waals surface area contributed by atoms with E-state index < -0.39 is 11.0 Å². The summed E-state index contributed by atoms with van der Waals surface area (Å²) in [5.74, 6) is -0.367. The van der Waals surface area contributed by atoms with Crippen LogP contribution < -0.4 is 5.32 Å². The standard InChI is InChI=1S/C13H18N2O4/c1-8-5-6-11(7-12(8)15(17)18)9(2)14-10(3)13(16)19-4/h5-7,9-10,14H,1-4H3/t9-,10+/m0/s1. The van der Waals surface area contributed by atoms with Gasteiger partial charge in [0.05, 0.1) is 12.0 Å². The van der Waals surface area contributed by atoms with Gasteiger partial charge in [-0.05, 0) is 26.3 Å². The number of aryl methyl sites for hydroxylation is 1. The molecule has 0 aliphatic heterocycles. The summed E-state index contributed by atoms with van der Waals surface area (Å²) >= 11 is 0. The van der Waals surface area contributed by atoms with E-state index in [4.69, 9.17) is 0 Å². The van der Waals surface area contributed by atoms with E-state index in [0.29, 0.717) is 5.56 Å². The molecule has 0 aromatic heterocycles. The molecule has 0 radical (unpaired) electrons. The van der Waals surface area contributed by atoms with Crippen molar-refractivity contribution in [2.45, 2.75) is 32.9 Å². The molecule has 6 nitrogen and oxygen atoms in total. The van der Waals surface area contributed by atoms with Gasteiger partial charge in [0.2, 0.25) is 0 Å². The SMILES string of the molecule is COC(=O)[C@@H](C)N[C@@H](C)c1ccc(C)c([N+](=O)[O-])c1. The Morgan fingerprint density at radius 1 is 1.42 bits per heavy atom. The maximum Gasteiger partial charge on any atom is 0.322 e. The zero-order valence-electron chi connectivity index (χ0n) is 11.5. The van der Waals surface area contributed by atoms with E-state index in [9.17, 15) is 14.9 Å². The van der Waals surface area contributed by atoms with Gasteiger partial charge in [0.15, 0.2) is 0 Å². The van der Waals surface area contributed by atoms with Gasteiger partial charge in [0.25, 0.3) is 5.69 Å². The molecule has 1 aromatic carbocycles. The summed E-state index contributed by atoms with van der Waals surface area (Å²) < 4.78 is 4.62. The molecular formula is C13H18N2O4. The minimum absolute atomic E-state index is 0.0804. The van der Waals surface area contributed by atoms with Crippen molar-refractivity contribution in [1.82, 2.24) is 5.32 Å². The number of hydrogen-bond acceptors (Lipinski definition) is 5. The zero-order chi connectivity index (χ0) is 14.6. The minimum Gasteiger partial charge on any atom is -0.468 e. The molecule has 0 heterocycles. The third-order valence-corrected chi connectivity index (χ3v) is 2.98. The van der Waals surface area contributed by atoms with Crippen LogP contribution in [0.15, 0.2) is 18.2 Å². The van der Waals surface area contributed by atoms with Crippen molar-refractivity contribution >= 4 is 11.7 Å². The third-order valence-electron chi connectivity index (χ3n) is 2.98. The number of methoxy groups -OCH3 is 1. The van der Waals surface area contributed by atoms with Crippen LogP contribution in [0.2, 0.25) is 0 Å². The highest BCUT2D eigenvalue weighted by atomic mass is 16.6. The molecule has 1 rings (SSSR count). The molecule has 0 saturated carbocycles. The number of nitro groups is 1. The van der Waals surface area contributed by atoms with Crippen LogP contribution in [-0.2, 0) is 9.53 Å². The molecule has 0 saturated heterocycles. The van der Waals surface area contributed by atoms with Crippen molar-refractivity contribution in [3.63, 3.8) is 0 Å². The lowest BCUT2D eigenvalue weighted by atomic mass is 10.0. The van der Waals surface area contributed by atoms with E-state index in [2.05, 4.69) is 10.1 Å². The molecule has 1 N–H and O–H groups in total. The molecule has 0 bridgehead atoms. The highest BCUT2D eigenvalue weighted by molar-refractivity contribution is 5.75. The molecule has 0 amide bonds. The van der Waals surface area contributed by atoms with Crippen LogP contribution >= 0.6 is 0 Å². The van der Waals surface area contributed by atoms with Crippen LogP contribution in [-0.4, -0.2) is 24.0 Å². The Balaban J connectivity index is 2.88. The highest BCUT2D eigenvalue weighted by Gasteiger charge is 2.19. The lowest BCUT2D eigenvalue weighted by Gasteiger charge is -2.18. The second-order valence-electron chi connectivity index (χ2n) is 4.44. The third kappa shape index (κ3) is 3.75. The number of rotatable bonds is 5. The van der Waals surface area contributed by atoms with Crippen LogP contribution in [0.3, 0.4) is 0 Å². The van der Waals surface area contributed by atoms with Crippen molar-refractivity contribution in [1.29, 1.82) is 0 Å². The normalized spacial score (nSPS) is 13.7. The molecule has 104 valence electrons. The largest absolute Gasteiger partial charge is 0.468 e. The first-order valence-corrected chi connectivity index (χ1v) is 5.95. The monoisotopic (exact) mass is 266 g/mol. The Kier molecular flexibility index (Phi) is 5.00. The summed E-state index contributed by atoms with van der Waals surface area (Å²) in [7, 11) is 1.32. The van der Waals surface area contributed by atoms with Crippen molar-refractivity contribution < 1.29 is 14.5 Å². The van der Waals surface area contributed by atoms with Crippen LogP contribution in [0, 0.1) is 17.0 Å². The second kappa shape index (κ2) is 6.29. The lowest BCUT2D eigenvalue weighted by Crippen LogP contribution is -2.36. The molecule has 0 spiro atoms. The Morgan fingerprint density at radius 2 is 2.05 bits per heavy atom. The molecule has 0 unspecified atom stereocenters. The minimum atomic E-state index is -0.472. The fourth-order valence-electron chi connectivity index (χ4n) is 1.81. The van der Waals surface area contributed by atoms with Gasteiger partial charge in [-0.2, -0.15) is 0 Å². The fourth-order valence-corrected chi connectivity index (χ4v) is 1.81. The van der Waals surface area contributed by atoms with E-state index >= 15 is 0 Å². The molecule has 0 aliphatic rings. The highest BCUT2D eigenvalue weighted by Crippen LogP contribution is 2.23. The van der Waals surface area contributed by atoms with Crippen molar-refractivity contribution in [3.05, 3.63) is 39.4 Å². The van der Waals surface area contributed by atoms with Gasteiger partial charge < -0.3 is 4.74 Å². The number of nitrogens with one attached hydrogen (secondary N) is 1. The molecule has 6 heteroatoms. The van der Waals surface area contributed by atoms with Gasteiger partial charge in [-0.3, -0.25) is 20.2 Å². The topological polar surface area (TPSA) is 81.5 Å². The molecule has 2 atom stereocenters. The van der Waals surface area contributed by atoms with Gasteiger partial charge in [-0.15, -0.1) is 0 Å². The van der Waals surface area contributed by atoms with Crippen molar-refractivity contribution in [2.75, 3.05) is 7.11 Å². The van der Waals surface area contributed by atoms with Crippen molar-refractivity contribution in [2.24, 2.45) is 0 Å². The Bertz CT molecular complexity index is 488. The number of carbonyl (C=O) groups is 1. The molecular weight excluding hydrogens is 248 g/mol. The van der Waals surface area contributed by atoms with E-state index in [1.807, 2.05) is 13.0 Å². The number of benzene rings is 1. The number of nitrogens with zero attached hydrogens (tertiary/aromatic N) is 1. The smallest absolute Gasteiger partial charge is 0.322 e. The maximum atomic E-state index is 11.3. The predicted octanol–water partition coefficient (Wildman–Crippen LogP) is 2.12. The van der Waals surface area contributed by atoms with Crippen LogP contribution in [0.1, 0.15) is 31.0 Å². The van der Waals surface area contributed by atoms with Gasteiger partial charge in [0.1, 0.15) is 6.04 Å². The molecule has 0 aliphatic carbocycles. The molecule has 19 heavy (non-hydrogen) atoms. The number of esters is 1. The van der Waals surface area contributed by atoms with Crippen LogP contribution in [0.5, 0.6) is 0 Å². The summed E-state index contributed by atoms with van der Waals surface area (Å²) in [5.41, 5.74) is 1.45. The second-order valence-corrected chi connectivity index (χ2v) is 4.44. The molecule has 0 fully saturated rings. The Hall–Kier alpha value is -1.95. The average Bonchev–Trinajstić information content (AvgIpc) is 2.37.